The molecule has 2 amide bonds. The summed E-state index contributed by atoms with van der Waals surface area (Å²) < 4.78 is 3.15. The van der Waals surface area contributed by atoms with Crippen LogP contribution in [0.1, 0.15) is 55.6 Å². The van der Waals surface area contributed by atoms with Crippen molar-refractivity contribution >= 4 is 33.4 Å². The first-order valence-corrected chi connectivity index (χ1v) is 12.6. The van der Waals surface area contributed by atoms with Crippen molar-refractivity contribution in [2.75, 3.05) is 6.54 Å². The first-order valence-electron chi connectivity index (χ1n) is 11.7. The molecule has 6 heteroatoms. The van der Waals surface area contributed by atoms with Crippen molar-refractivity contribution < 1.29 is 9.59 Å². The minimum Gasteiger partial charge on any atom is -0.351 e. The second-order valence-electron chi connectivity index (χ2n) is 9.59. The topological polar surface area (TPSA) is 54.3 Å². The molecule has 0 saturated heterocycles. The van der Waals surface area contributed by atoms with E-state index in [0.717, 1.165) is 35.9 Å². The second kappa shape index (κ2) is 8.39. The Hall–Kier alpha value is -2.60. The molecule has 1 aliphatic carbocycles. The molecule has 0 radical (unpaired) electrons. The Morgan fingerprint density at radius 1 is 1.19 bits per heavy atom. The number of thiophene rings is 1. The summed E-state index contributed by atoms with van der Waals surface area (Å²) in [6.45, 7) is 5.17. The SMILES string of the molecule is C[C@@H]1CCCC[C@@H]1NC(=O)[C@@]1(C)Cn2c(cc3sccc32)C(=O)N1CCc1ccccc1. The summed E-state index contributed by atoms with van der Waals surface area (Å²) in [5.74, 6) is 0.393. The van der Waals surface area contributed by atoms with Gasteiger partial charge in [-0.1, -0.05) is 50.1 Å². The molecule has 2 aromatic heterocycles. The zero-order valence-corrected chi connectivity index (χ0v) is 19.7. The summed E-state index contributed by atoms with van der Waals surface area (Å²) in [6, 6.07) is 14.4. The molecule has 1 aromatic carbocycles. The normalized spacial score (nSPS) is 25.7. The molecule has 0 unspecified atom stereocenters. The molecule has 1 N–H and O–H groups in total. The van der Waals surface area contributed by atoms with Crippen LogP contribution >= 0.6 is 11.3 Å². The Morgan fingerprint density at radius 3 is 2.75 bits per heavy atom. The minimum atomic E-state index is -0.927. The highest BCUT2D eigenvalue weighted by Crippen LogP contribution is 2.35. The molecule has 1 aliphatic heterocycles. The predicted octanol–water partition coefficient (Wildman–Crippen LogP) is 4.85. The summed E-state index contributed by atoms with van der Waals surface area (Å²) in [7, 11) is 0. The number of benzene rings is 1. The van der Waals surface area contributed by atoms with Gasteiger partial charge in [-0.05, 0) is 55.2 Å². The Morgan fingerprint density at radius 2 is 1.97 bits per heavy atom. The molecule has 1 saturated carbocycles. The van der Waals surface area contributed by atoms with Gasteiger partial charge in [-0.3, -0.25) is 9.59 Å². The Balaban J connectivity index is 1.48. The van der Waals surface area contributed by atoms with E-state index in [9.17, 15) is 9.59 Å². The van der Waals surface area contributed by atoms with Crippen molar-refractivity contribution in [3.63, 3.8) is 0 Å². The first-order chi connectivity index (χ1) is 15.5. The molecule has 5 rings (SSSR count). The van der Waals surface area contributed by atoms with Crippen molar-refractivity contribution in [3.8, 4) is 0 Å². The lowest BCUT2D eigenvalue weighted by Crippen LogP contribution is -2.65. The Kier molecular flexibility index (Phi) is 5.58. The number of amides is 2. The quantitative estimate of drug-likeness (QED) is 0.605. The van der Waals surface area contributed by atoms with Gasteiger partial charge >= 0.3 is 0 Å². The third-order valence-corrected chi connectivity index (χ3v) is 8.29. The van der Waals surface area contributed by atoms with Crippen LogP contribution in [-0.4, -0.2) is 39.4 Å². The van der Waals surface area contributed by atoms with Gasteiger partial charge in [0, 0.05) is 12.6 Å². The number of hydrogen-bond acceptors (Lipinski definition) is 3. The molecule has 32 heavy (non-hydrogen) atoms. The molecule has 0 bridgehead atoms. The second-order valence-corrected chi connectivity index (χ2v) is 10.5. The monoisotopic (exact) mass is 449 g/mol. The van der Waals surface area contributed by atoms with E-state index in [1.165, 1.54) is 12.0 Å². The highest BCUT2D eigenvalue weighted by Gasteiger charge is 2.48. The number of carbonyl (C=O) groups is 2. The number of nitrogens with one attached hydrogen (secondary N) is 1. The van der Waals surface area contributed by atoms with Crippen LogP contribution < -0.4 is 5.32 Å². The molecule has 3 heterocycles. The lowest BCUT2D eigenvalue weighted by Gasteiger charge is -2.45. The number of hydrogen-bond donors (Lipinski definition) is 1. The minimum absolute atomic E-state index is 0.0274. The molecule has 1 fully saturated rings. The third kappa shape index (κ3) is 3.64. The fourth-order valence-electron chi connectivity index (χ4n) is 5.36. The summed E-state index contributed by atoms with van der Waals surface area (Å²) in [5, 5.41) is 5.40. The maximum absolute atomic E-state index is 13.8. The van der Waals surface area contributed by atoms with E-state index >= 15 is 0 Å². The van der Waals surface area contributed by atoms with Gasteiger partial charge in [0.15, 0.2) is 0 Å². The Labute approximate surface area is 193 Å². The smallest absolute Gasteiger partial charge is 0.271 e. The van der Waals surface area contributed by atoms with Gasteiger partial charge in [0.2, 0.25) is 5.91 Å². The highest BCUT2D eigenvalue weighted by molar-refractivity contribution is 7.17. The van der Waals surface area contributed by atoms with Gasteiger partial charge in [0.1, 0.15) is 11.2 Å². The van der Waals surface area contributed by atoms with Crippen LogP contribution in [0.4, 0.5) is 0 Å². The van der Waals surface area contributed by atoms with Gasteiger partial charge in [0.25, 0.3) is 5.91 Å². The Bertz CT molecular complexity index is 1130. The number of rotatable bonds is 5. The van der Waals surface area contributed by atoms with Gasteiger partial charge in [0.05, 0.1) is 16.8 Å². The van der Waals surface area contributed by atoms with Crippen LogP contribution in [0, 0.1) is 5.92 Å². The molecule has 0 spiro atoms. The number of aromatic nitrogens is 1. The average molecular weight is 450 g/mol. The molecule has 5 nitrogen and oxygen atoms in total. The van der Waals surface area contributed by atoms with E-state index < -0.39 is 5.54 Å². The fraction of sp³-hybridized carbons (Fsp3) is 0.462. The molecule has 3 aromatic rings. The van der Waals surface area contributed by atoms with Crippen molar-refractivity contribution in [2.45, 2.75) is 64.1 Å². The van der Waals surface area contributed by atoms with Gasteiger partial charge in [-0.25, -0.2) is 0 Å². The van der Waals surface area contributed by atoms with Crippen LogP contribution in [0.15, 0.2) is 47.8 Å². The van der Waals surface area contributed by atoms with Crippen LogP contribution in [0.25, 0.3) is 10.2 Å². The zero-order valence-electron chi connectivity index (χ0n) is 18.8. The van der Waals surface area contributed by atoms with Crippen molar-refractivity contribution in [1.29, 1.82) is 0 Å². The number of fused-ring (bicyclic) bond motifs is 3. The van der Waals surface area contributed by atoms with Gasteiger partial charge < -0.3 is 14.8 Å². The number of nitrogens with zero attached hydrogens (tertiary/aromatic N) is 2. The summed E-state index contributed by atoms with van der Waals surface area (Å²) >= 11 is 1.64. The molecule has 2 aliphatic rings. The fourth-order valence-corrected chi connectivity index (χ4v) is 6.19. The van der Waals surface area contributed by atoms with Gasteiger partial charge in [-0.2, -0.15) is 0 Å². The standard InChI is InChI=1S/C26H31N3O2S/c1-18-8-6-7-11-20(18)27-25(31)26(2)17-28-21-13-15-32-23(21)16-22(28)24(30)29(26)14-12-19-9-4-3-5-10-19/h3-5,9-10,13,15-16,18,20H,6-8,11-12,14,17H2,1-2H3,(H,27,31)/t18-,20+,26-/m1/s1. The van der Waals surface area contributed by atoms with Crippen LogP contribution in [0.5, 0.6) is 0 Å². The van der Waals surface area contributed by atoms with Crippen LogP contribution in [0.3, 0.4) is 0 Å². The van der Waals surface area contributed by atoms with Crippen molar-refractivity contribution in [2.24, 2.45) is 5.92 Å². The molecular weight excluding hydrogens is 418 g/mol. The lowest BCUT2D eigenvalue weighted by molar-refractivity contribution is -0.134. The average Bonchev–Trinajstić information content (AvgIpc) is 3.38. The summed E-state index contributed by atoms with van der Waals surface area (Å²) in [6.07, 6.45) is 5.28. The van der Waals surface area contributed by atoms with E-state index in [-0.39, 0.29) is 17.9 Å². The molecular formula is C26H31N3O2S. The zero-order chi connectivity index (χ0) is 22.3. The highest BCUT2D eigenvalue weighted by atomic mass is 32.1. The number of carbonyl (C=O) groups excluding carboxylic acids is 2. The third-order valence-electron chi connectivity index (χ3n) is 7.43. The van der Waals surface area contributed by atoms with E-state index in [1.54, 1.807) is 11.3 Å². The van der Waals surface area contributed by atoms with E-state index in [4.69, 9.17) is 0 Å². The largest absolute Gasteiger partial charge is 0.351 e. The van der Waals surface area contributed by atoms with Crippen LogP contribution in [0.2, 0.25) is 0 Å². The molecule has 168 valence electrons. The van der Waals surface area contributed by atoms with Crippen molar-refractivity contribution in [1.82, 2.24) is 14.8 Å². The van der Waals surface area contributed by atoms with Crippen molar-refractivity contribution in [3.05, 3.63) is 59.1 Å². The maximum Gasteiger partial charge on any atom is 0.271 e. The molecule has 3 atom stereocenters. The van der Waals surface area contributed by atoms with E-state index in [0.29, 0.717) is 24.7 Å². The van der Waals surface area contributed by atoms with Crippen LogP contribution in [-0.2, 0) is 17.8 Å². The predicted molar refractivity (Wildman–Crippen MR) is 129 cm³/mol. The van der Waals surface area contributed by atoms with E-state index in [1.807, 2.05) is 41.5 Å². The van der Waals surface area contributed by atoms with Gasteiger partial charge in [-0.15, -0.1) is 11.3 Å². The summed E-state index contributed by atoms with van der Waals surface area (Å²) in [4.78, 5) is 29.3. The lowest BCUT2D eigenvalue weighted by atomic mass is 9.85. The van der Waals surface area contributed by atoms with E-state index in [2.05, 4.69) is 35.0 Å². The first kappa shape index (κ1) is 21.3. The maximum atomic E-state index is 13.8. The summed E-state index contributed by atoms with van der Waals surface area (Å²) in [5.41, 5.74) is 1.98.